The Kier molecular flexibility index (Phi) is 7.08. The van der Waals surface area contributed by atoms with E-state index in [4.69, 9.17) is 14.2 Å². The van der Waals surface area contributed by atoms with Crippen molar-refractivity contribution in [1.29, 1.82) is 0 Å². The summed E-state index contributed by atoms with van der Waals surface area (Å²) in [5, 5.41) is 7.12. The van der Waals surface area contributed by atoms with Crippen molar-refractivity contribution in [3.63, 3.8) is 0 Å². The fourth-order valence-corrected chi connectivity index (χ4v) is 3.65. The number of ether oxygens (including phenoxy) is 3. The van der Waals surface area contributed by atoms with Gasteiger partial charge in [0, 0.05) is 4.88 Å². The molecule has 0 spiro atoms. The molecule has 0 fully saturated rings. The molecule has 0 saturated heterocycles. The van der Waals surface area contributed by atoms with E-state index in [1.807, 2.05) is 17.5 Å². The third-order valence-electron chi connectivity index (χ3n) is 4.22. The maximum Gasteiger partial charge on any atom is 0.347 e. The molecule has 0 radical (unpaired) electrons. The predicted octanol–water partition coefficient (Wildman–Crippen LogP) is 2.93. The second-order valence-electron chi connectivity index (χ2n) is 6.34. The third kappa shape index (κ3) is 5.18. The van der Waals surface area contributed by atoms with E-state index >= 15 is 0 Å². The lowest BCUT2D eigenvalue weighted by atomic mass is 10.0. The smallest absolute Gasteiger partial charge is 0.347 e. The van der Waals surface area contributed by atoms with Crippen molar-refractivity contribution >= 4 is 29.3 Å². The third-order valence-corrected chi connectivity index (χ3v) is 5.16. The zero-order valence-electron chi connectivity index (χ0n) is 16.5. The van der Waals surface area contributed by atoms with E-state index in [0.717, 1.165) is 4.88 Å². The first-order valence-corrected chi connectivity index (χ1v) is 10.3. The number of nitrogens with one attached hydrogen (secondary N) is 2. The van der Waals surface area contributed by atoms with Crippen molar-refractivity contribution in [2.24, 2.45) is 0 Å². The number of rotatable bonds is 8. The molecule has 0 bridgehead atoms. The lowest BCUT2D eigenvalue weighted by Crippen LogP contribution is -2.47. The molecule has 2 heterocycles. The van der Waals surface area contributed by atoms with E-state index in [1.54, 1.807) is 44.2 Å². The van der Waals surface area contributed by atoms with Crippen LogP contribution in [0.2, 0.25) is 0 Å². The van der Waals surface area contributed by atoms with Crippen LogP contribution in [0, 0.1) is 0 Å². The first-order chi connectivity index (χ1) is 14.5. The predicted molar refractivity (Wildman–Crippen MR) is 110 cm³/mol. The maximum absolute atomic E-state index is 12.6. The van der Waals surface area contributed by atoms with Crippen molar-refractivity contribution < 1.29 is 28.6 Å². The number of carbonyl (C=O) groups is 3. The Bertz CT molecular complexity index is 926. The summed E-state index contributed by atoms with van der Waals surface area (Å²) in [6, 6.07) is 11.3. The molecule has 1 aliphatic heterocycles. The second kappa shape index (κ2) is 9.93. The van der Waals surface area contributed by atoms with Gasteiger partial charge in [-0.2, -0.15) is 0 Å². The number of hydrogen-bond donors (Lipinski definition) is 2. The summed E-state index contributed by atoms with van der Waals surface area (Å²) < 4.78 is 16.0. The molecule has 2 amide bonds. The van der Waals surface area contributed by atoms with E-state index < -0.39 is 30.1 Å². The number of amides is 2. The normalized spacial score (nSPS) is 16.9. The number of urea groups is 1. The maximum atomic E-state index is 12.6. The minimum atomic E-state index is -0.871. The lowest BCUT2D eigenvalue weighted by Gasteiger charge is -2.28. The van der Waals surface area contributed by atoms with E-state index in [-0.39, 0.29) is 24.5 Å². The minimum absolute atomic E-state index is 0.169. The SMILES string of the molecule is CCOC(=O)C1=C(COC(=O)[C@H](C)Oc2ccccc2)NC(=O)N[C@H]1c1cccs1. The molecule has 8 nitrogen and oxygen atoms in total. The summed E-state index contributed by atoms with van der Waals surface area (Å²) in [5.74, 6) is -0.695. The van der Waals surface area contributed by atoms with Gasteiger partial charge >= 0.3 is 18.0 Å². The highest BCUT2D eigenvalue weighted by Crippen LogP contribution is 2.30. The first-order valence-electron chi connectivity index (χ1n) is 9.39. The highest BCUT2D eigenvalue weighted by molar-refractivity contribution is 7.10. The molecule has 2 aromatic rings. The molecule has 1 aromatic heterocycles. The molecule has 0 aliphatic carbocycles. The van der Waals surface area contributed by atoms with Gasteiger partial charge in [0.2, 0.25) is 0 Å². The van der Waals surface area contributed by atoms with Crippen molar-refractivity contribution in [2.75, 3.05) is 13.2 Å². The molecule has 9 heteroatoms. The Labute approximate surface area is 177 Å². The van der Waals surface area contributed by atoms with Crippen LogP contribution in [-0.4, -0.2) is 37.3 Å². The first kappa shape index (κ1) is 21.4. The van der Waals surface area contributed by atoms with E-state index in [0.29, 0.717) is 5.75 Å². The Morgan fingerprint density at radius 3 is 2.57 bits per heavy atom. The Morgan fingerprint density at radius 1 is 1.13 bits per heavy atom. The molecule has 0 saturated carbocycles. The van der Waals surface area contributed by atoms with E-state index in [1.165, 1.54) is 11.3 Å². The topological polar surface area (TPSA) is 103 Å². The van der Waals surface area contributed by atoms with Crippen LogP contribution in [-0.2, 0) is 19.1 Å². The number of para-hydroxylation sites is 1. The van der Waals surface area contributed by atoms with Crippen LogP contribution in [0.25, 0.3) is 0 Å². The van der Waals surface area contributed by atoms with Crippen LogP contribution in [0.4, 0.5) is 4.79 Å². The molecule has 158 valence electrons. The summed E-state index contributed by atoms with van der Waals surface area (Å²) in [6.45, 7) is 3.12. The summed E-state index contributed by atoms with van der Waals surface area (Å²) in [6.07, 6.45) is -0.871. The molecule has 1 aliphatic rings. The van der Waals surface area contributed by atoms with E-state index in [9.17, 15) is 14.4 Å². The van der Waals surface area contributed by atoms with Crippen LogP contribution in [0.3, 0.4) is 0 Å². The standard InChI is InChI=1S/C21H22N2O6S/c1-3-27-20(25)17-15(22-21(26)23-18(17)16-10-7-11-30-16)12-28-19(24)13(2)29-14-8-5-4-6-9-14/h4-11,13,18H,3,12H2,1-2H3,(H2,22,23,26)/t13-,18-/m0/s1. The average Bonchev–Trinajstić information content (AvgIpc) is 3.27. The summed E-state index contributed by atoms with van der Waals surface area (Å²) in [5.41, 5.74) is 0.374. The Balaban J connectivity index is 1.77. The number of carbonyl (C=O) groups excluding carboxylic acids is 3. The van der Waals surface area contributed by atoms with Gasteiger partial charge in [-0.15, -0.1) is 11.3 Å². The van der Waals surface area contributed by atoms with Crippen molar-refractivity contribution in [3.8, 4) is 5.75 Å². The number of thiophene rings is 1. The van der Waals surface area contributed by atoms with Crippen molar-refractivity contribution in [1.82, 2.24) is 10.6 Å². The van der Waals surface area contributed by atoms with Crippen LogP contribution in [0.5, 0.6) is 5.75 Å². The monoisotopic (exact) mass is 430 g/mol. The fourth-order valence-electron chi connectivity index (χ4n) is 2.86. The lowest BCUT2D eigenvalue weighted by molar-refractivity contribution is -0.150. The molecular weight excluding hydrogens is 408 g/mol. The zero-order chi connectivity index (χ0) is 21.5. The van der Waals surface area contributed by atoms with Gasteiger partial charge in [0.1, 0.15) is 12.4 Å². The van der Waals surface area contributed by atoms with Gasteiger partial charge in [-0.3, -0.25) is 0 Å². The molecule has 2 N–H and O–H groups in total. The molecular formula is C21H22N2O6S. The zero-order valence-corrected chi connectivity index (χ0v) is 17.4. The summed E-state index contributed by atoms with van der Waals surface area (Å²) >= 11 is 1.39. The second-order valence-corrected chi connectivity index (χ2v) is 7.32. The van der Waals surface area contributed by atoms with Gasteiger partial charge < -0.3 is 24.8 Å². The minimum Gasteiger partial charge on any atom is -0.479 e. The summed E-state index contributed by atoms with van der Waals surface area (Å²) in [4.78, 5) is 37.9. The van der Waals surface area contributed by atoms with Gasteiger partial charge in [-0.05, 0) is 37.4 Å². The number of hydrogen-bond acceptors (Lipinski definition) is 7. The average molecular weight is 430 g/mol. The van der Waals surface area contributed by atoms with Crippen LogP contribution in [0.15, 0.2) is 59.1 Å². The number of esters is 2. The fraction of sp³-hybridized carbons (Fsp3) is 0.286. The Morgan fingerprint density at radius 2 is 1.90 bits per heavy atom. The van der Waals surface area contributed by atoms with Crippen molar-refractivity contribution in [3.05, 3.63) is 64.0 Å². The van der Waals surface area contributed by atoms with Crippen LogP contribution < -0.4 is 15.4 Å². The molecule has 1 aromatic carbocycles. The Hall–Kier alpha value is -3.33. The van der Waals surface area contributed by atoms with Gasteiger partial charge in [0.15, 0.2) is 6.10 Å². The quantitative estimate of drug-likeness (QED) is 0.624. The molecule has 0 unspecified atom stereocenters. The summed E-state index contributed by atoms with van der Waals surface area (Å²) in [7, 11) is 0. The molecule has 30 heavy (non-hydrogen) atoms. The van der Waals surface area contributed by atoms with Gasteiger partial charge in [0.25, 0.3) is 0 Å². The highest BCUT2D eigenvalue weighted by atomic mass is 32.1. The highest BCUT2D eigenvalue weighted by Gasteiger charge is 2.35. The van der Waals surface area contributed by atoms with E-state index in [2.05, 4.69) is 10.6 Å². The van der Waals surface area contributed by atoms with Gasteiger partial charge in [-0.1, -0.05) is 24.3 Å². The largest absolute Gasteiger partial charge is 0.479 e. The molecule has 3 rings (SSSR count). The van der Waals surface area contributed by atoms with Crippen molar-refractivity contribution in [2.45, 2.75) is 26.0 Å². The van der Waals surface area contributed by atoms with Gasteiger partial charge in [0.05, 0.1) is 23.9 Å². The van der Waals surface area contributed by atoms with Crippen LogP contribution >= 0.6 is 11.3 Å². The number of benzene rings is 1. The van der Waals surface area contributed by atoms with Crippen LogP contribution in [0.1, 0.15) is 24.8 Å². The molecule has 2 atom stereocenters. The van der Waals surface area contributed by atoms with Gasteiger partial charge in [-0.25, -0.2) is 14.4 Å².